The second kappa shape index (κ2) is 6.06. The summed E-state index contributed by atoms with van der Waals surface area (Å²) in [5.74, 6) is -0.264. The monoisotopic (exact) mass is 293 g/mol. The zero-order valence-corrected chi connectivity index (χ0v) is 12.9. The van der Waals surface area contributed by atoms with Crippen molar-refractivity contribution in [3.8, 4) is 0 Å². The molecule has 3 aromatic rings. The van der Waals surface area contributed by atoms with E-state index in [4.69, 9.17) is 4.74 Å². The molecule has 0 atom stereocenters. The van der Waals surface area contributed by atoms with Crippen LogP contribution in [0.25, 0.3) is 10.9 Å². The standard InChI is InChI=1S/C19H19NO2/c1-3-16-18(19(21)22-2)15-11-7-8-12-17(15)20(16)13-14-9-5-4-6-10-14/h4-12H,3,13H2,1-2H3. The first-order valence-corrected chi connectivity index (χ1v) is 7.48. The lowest BCUT2D eigenvalue weighted by Gasteiger charge is -2.10. The van der Waals surface area contributed by atoms with Crippen LogP contribution in [0, 0.1) is 0 Å². The molecule has 3 heteroatoms. The summed E-state index contributed by atoms with van der Waals surface area (Å²) in [6.45, 7) is 2.82. The molecule has 0 aliphatic rings. The van der Waals surface area contributed by atoms with E-state index in [0.29, 0.717) is 5.56 Å². The molecule has 0 bridgehead atoms. The van der Waals surface area contributed by atoms with E-state index in [1.807, 2.05) is 36.4 Å². The summed E-state index contributed by atoms with van der Waals surface area (Å²) < 4.78 is 7.22. The van der Waals surface area contributed by atoms with E-state index in [2.05, 4.69) is 29.7 Å². The number of methoxy groups -OCH3 is 1. The molecule has 1 heterocycles. The van der Waals surface area contributed by atoms with Gasteiger partial charge in [-0.3, -0.25) is 0 Å². The fraction of sp³-hybridized carbons (Fsp3) is 0.211. The average molecular weight is 293 g/mol. The van der Waals surface area contributed by atoms with Crippen LogP contribution in [-0.2, 0) is 17.7 Å². The van der Waals surface area contributed by atoms with Crippen LogP contribution in [0.4, 0.5) is 0 Å². The van der Waals surface area contributed by atoms with E-state index in [-0.39, 0.29) is 5.97 Å². The summed E-state index contributed by atoms with van der Waals surface area (Å²) in [4.78, 5) is 12.2. The summed E-state index contributed by atoms with van der Waals surface area (Å²) in [6, 6.07) is 18.3. The van der Waals surface area contributed by atoms with Gasteiger partial charge in [0.15, 0.2) is 0 Å². The maximum atomic E-state index is 12.2. The molecule has 0 aliphatic heterocycles. The summed E-state index contributed by atoms with van der Waals surface area (Å²) in [7, 11) is 1.44. The molecule has 3 nitrogen and oxygen atoms in total. The van der Waals surface area contributed by atoms with Crippen LogP contribution in [0.2, 0.25) is 0 Å². The summed E-state index contributed by atoms with van der Waals surface area (Å²) >= 11 is 0. The Morgan fingerprint density at radius 2 is 1.73 bits per heavy atom. The van der Waals surface area contributed by atoms with Crippen molar-refractivity contribution in [2.45, 2.75) is 19.9 Å². The van der Waals surface area contributed by atoms with Crippen LogP contribution in [0.1, 0.15) is 28.5 Å². The lowest BCUT2D eigenvalue weighted by molar-refractivity contribution is 0.0601. The smallest absolute Gasteiger partial charge is 0.340 e. The van der Waals surface area contributed by atoms with Gasteiger partial charge in [-0.25, -0.2) is 4.79 Å². The molecule has 0 radical (unpaired) electrons. The maximum absolute atomic E-state index is 12.2. The van der Waals surface area contributed by atoms with Gasteiger partial charge < -0.3 is 9.30 Å². The Balaban J connectivity index is 2.22. The third kappa shape index (κ3) is 2.39. The lowest BCUT2D eigenvalue weighted by atomic mass is 10.1. The largest absolute Gasteiger partial charge is 0.465 e. The molecule has 0 aliphatic carbocycles. The highest BCUT2D eigenvalue weighted by atomic mass is 16.5. The number of esters is 1. The predicted octanol–water partition coefficient (Wildman–Crippen LogP) is 4.04. The van der Waals surface area contributed by atoms with Gasteiger partial charge in [0.2, 0.25) is 0 Å². The minimum Gasteiger partial charge on any atom is -0.465 e. The van der Waals surface area contributed by atoms with Gasteiger partial charge in [-0.1, -0.05) is 55.5 Å². The molecule has 22 heavy (non-hydrogen) atoms. The summed E-state index contributed by atoms with van der Waals surface area (Å²) in [6.07, 6.45) is 0.784. The fourth-order valence-corrected chi connectivity index (χ4v) is 3.00. The number of benzene rings is 2. The Kier molecular flexibility index (Phi) is 3.96. The first kappa shape index (κ1) is 14.4. The molecular formula is C19H19NO2. The average Bonchev–Trinajstić information content (AvgIpc) is 2.89. The van der Waals surface area contributed by atoms with E-state index in [1.165, 1.54) is 12.7 Å². The molecule has 0 saturated heterocycles. The highest BCUT2D eigenvalue weighted by Gasteiger charge is 2.21. The van der Waals surface area contributed by atoms with Crippen LogP contribution in [0.15, 0.2) is 54.6 Å². The number of rotatable bonds is 4. The van der Waals surface area contributed by atoms with E-state index in [0.717, 1.165) is 29.6 Å². The number of aromatic nitrogens is 1. The Morgan fingerprint density at radius 1 is 1.05 bits per heavy atom. The number of carbonyl (C=O) groups excluding carboxylic acids is 1. The summed E-state index contributed by atoms with van der Waals surface area (Å²) in [5, 5.41) is 0.960. The van der Waals surface area contributed by atoms with Crippen LogP contribution in [0.5, 0.6) is 0 Å². The van der Waals surface area contributed by atoms with Gasteiger partial charge in [0, 0.05) is 23.1 Å². The third-order valence-electron chi connectivity index (χ3n) is 3.99. The minimum atomic E-state index is -0.264. The summed E-state index contributed by atoms with van der Waals surface area (Å²) in [5.41, 5.74) is 4.01. The van der Waals surface area contributed by atoms with Gasteiger partial charge in [-0.05, 0) is 18.1 Å². The normalized spacial score (nSPS) is 10.8. The van der Waals surface area contributed by atoms with Gasteiger partial charge in [-0.15, -0.1) is 0 Å². The number of carbonyl (C=O) groups is 1. The SMILES string of the molecule is CCc1c(C(=O)OC)c2ccccc2n1Cc1ccccc1. The highest BCUT2D eigenvalue weighted by molar-refractivity contribution is 6.06. The number of hydrogen-bond acceptors (Lipinski definition) is 2. The van der Waals surface area contributed by atoms with Crippen LogP contribution >= 0.6 is 0 Å². The fourth-order valence-electron chi connectivity index (χ4n) is 3.00. The van der Waals surface area contributed by atoms with Gasteiger partial charge in [0.1, 0.15) is 0 Å². The van der Waals surface area contributed by atoms with Crippen molar-refractivity contribution < 1.29 is 9.53 Å². The van der Waals surface area contributed by atoms with Gasteiger partial charge in [-0.2, -0.15) is 0 Å². The van der Waals surface area contributed by atoms with Crippen LogP contribution in [-0.4, -0.2) is 17.6 Å². The molecule has 3 rings (SSSR count). The maximum Gasteiger partial charge on any atom is 0.340 e. The van der Waals surface area contributed by atoms with Crippen molar-refractivity contribution in [1.82, 2.24) is 4.57 Å². The Morgan fingerprint density at radius 3 is 2.41 bits per heavy atom. The number of hydrogen-bond donors (Lipinski definition) is 0. The van der Waals surface area contributed by atoms with Crippen LogP contribution in [0.3, 0.4) is 0 Å². The minimum absolute atomic E-state index is 0.264. The van der Waals surface area contributed by atoms with Gasteiger partial charge in [0.25, 0.3) is 0 Å². The van der Waals surface area contributed by atoms with Crippen molar-refractivity contribution in [1.29, 1.82) is 0 Å². The molecule has 0 fully saturated rings. The first-order valence-electron chi connectivity index (χ1n) is 7.48. The van der Waals surface area contributed by atoms with Crippen LogP contribution < -0.4 is 0 Å². The zero-order valence-electron chi connectivity index (χ0n) is 12.9. The first-order chi connectivity index (χ1) is 10.8. The second-order valence-electron chi connectivity index (χ2n) is 5.26. The number of nitrogens with zero attached hydrogens (tertiary/aromatic N) is 1. The van der Waals surface area contributed by atoms with E-state index >= 15 is 0 Å². The lowest BCUT2D eigenvalue weighted by Crippen LogP contribution is -2.08. The molecular weight excluding hydrogens is 274 g/mol. The van der Waals surface area contributed by atoms with E-state index in [1.54, 1.807) is 0 Å². The topological polar surface area (TPSA) is 31.2 Å². The van der Waals surface area contributed by atoms with Crippen molar-refractivity contribution in [3.63, 3.8) is 0 Å². The van der Waals surface area contributed by atoms with Crippen molar-refractivity contribution in [2.75, 3.05) is 7.11 Å². The van der Waals surface area contributed by atoms with E-state index < -0.39 is 0 Å². The van der Waals surface area contributed by atoms with Crippen molar-refractivity contribution >= 4 is 16.9 Å². The molecule has 112 valence electrons. The highest BCUT2D eigenvalue weighted by Crippen LogP contribution is 2.28. The Bertz CT molecular complexity index is 803. The Labute approximate surface area is 130 Å². The second-order valence-corrected chi connectivity index (χ2v) is 5.26. The van der Waals surface area contributed by atoms with E-state index in [9.17, 15) is 4.79 Å². The van der Waals surface area contributed by atoms with Crippen molar-refractivity contribution in [2.24, 2.45) is 0 Å². The third-order valence-corrected chi connectivity index (χ3v) is 3.99. The number of para-hydroxylation sites is 1. The molecule has 1 aromatic heterocycles. The molecule has 0 spiro atoms. The number of ether oxygens (including phenoxy) is 1. The Hall–Kier alpha value is -2.55. The molecule has 0 saturated carbocycles. The number of fused-ring (bicyclic) bond motifs is 1. The molecule has 2 aromatic carbocycles. The van der Waals surface area contributed by atoms with Gasteiger partial charge >= 0.3 is 5.97 Å². The predicted molar refractivity (Wildman–Crippen MR) is 88.2 cm³/mol. The molecule has 0 N–H and O–H groups in total. The molecule has 0 amide bonds. The quantitative estimate of drug-likeness (QED) is 0.680. The van der Waals surface area contributed by atoms with Crippen molar-refractivity contribution in [3.05, 3.63) is 71.4 Å². The zero-order chi connectivity index (χ0) is 15.5. The van der Waals surface area contributed by atoms with Gasteiger partial charge in [0.05, 0.1) is 12.7 Å². The molecule has 0 unspecified atom stereocenters.